The fourth-order valence-electron chi connectivity index (χ4n) is 5.31. The number of nitrogens with zero attached hydrogens (tertiary/aromatic N) is 1. The van der Waals surface area contributed by atoms with Crippen LogP contribution < -0.4 is 4.74 Å². The highest BCUT2D eigenvalue weighted by atomic mass is 32.2. The van der Waals surface area contributed by atoms with Crippen molar-refractivity contribution in [3.8, 4) is 5.75 Å². The molecule has 2 fully saturated rings. The van der Waals surface area contributed by atoms with Crippen LogP contribution >= 0.6 is 11.8 Å². The molecule has 2 aliphatic heterocycles. The molecule has 2 aliphatic rings. The predicted molar refractivity (Wildman–Crippen MR) is 140 cm³/mol. The van der Waals surface area contributed by atoms with Crippen molar-refractivity contribution in [3.63, 3.8) is 0 Å². The van der Waals surface area contributed by atoms with E-state index in [2.05, 4.69) is 38.1 Å². The quantitative estimate of drug-likeness (QED) is 0.309. The summed E-state index contributed by atoms with van der Waals surface area (Å²) in [7, 11) is 0. The van der Waals surface area contributed by atoms with Crippen LogP contribution in [0.25, 0.3) is 0 Å². The third-order valence-electron chi connectivity index (χ3n) is 7.27. The van der Waals surface area contributed by atoms with Gasteiger partial charge in [-0.3, -0.25) is 4.79 Å². The third-order valence-corrected chi connectivity index (χ3v) is 8.35. The van der Waals surface area contributed by atoms with Crippen LogP contribution in [0.1, 0.15) is 66.9 Å². The van der Waals surface area contributed by atoms with E-state index in [1.807, 2.05) is 29.2 Å². The van der Waals surface area contributed by atoms with E-state index >= 15 is 0 Å². The molecule has 3 aromatic rings. The Labute approximate surface area is 215 Å². The summed E-state index contributed by atoms with van der Waals surface area (Å²) >= 11 is 1.79. The van der Waals surface area contributed by atoms with Crippen LogP contribution in [0.3, 0.4) is 0 Å². The van der Waals surface area contributed by atoms with Crippen molar-refractivity contribution in [1.29, 1.82) is 0 Å². The molecule has 6 heteroatoms. The second kappa shape index (κ2) is 10.6. The standard InChI is InChI=1S/C30H31F2NO2S/c1-19(2)21-7-12-27(13-8-21)36-18-20-3-5-22(6-4-20)30(34)33-24-10-11-25(33)17-26(16-24)35-29-14-9-23(31)15-28(29)32/h3-9,12-15,19,24-26H,10-11,16-18H2,1-2H3. The first-order valence-electron chi connectivity index (χ1n) is 12.6. The largest absolute Gasteiger partial charge is 0.487 e. The van der Waals surface area contributed by atoms with Gasteiger partial charge in [-0.1, -0.05) is 38.1 Å². The number of benzene rings is 3. The average Bonchev–Trinajstić information content (AvgIpc) is 3.14. The molecule has 2 heterocycles. The van der Waals surface area contributed by atoms with Gasteiger partial charge in [0.1, 0.15) is 11.9 Å². The maximum Gasteiger partial charge on any atom is 0.254 e. The normalized spacial score (nSPS) is 21.1. The number of ether oxygens (including phenoxy) is 1. The Morgan fingerprint density at radius 3 is 2.25 bits per heavy atom. The average molecular weight is 508 g/mol. The Balaban J connectivity index is 1.18. The number of amides is 1. The van der Waals surface area contributed by atoms with Crippen LogP contribution in [0.2, 0.25) is 0 Å². The Kier molecular flexibility index (Phi) is 7.33. The van der Waals surface area contributed by atoms with Gasteiger partial charge in [-0.25, -0.2) is 8.78 Å². The van der Waals surface area contributed by atoms with E-state index in [4.69, 9.17) is 4.74 Å². The van der Waals surface area contributed by atoms with Gasteiger partial charge in [-0.2, -0.15) is 0 Å². The number of rotatable bonds is 7. The fourth-order valence-corrected chi connectivity index (χ4v) is 6.17. The molecular formula is C30H31F2NO2S. The minimum Gasteiger partial charge on any atom is -0.487 e. The molecule has 2 saturated heterocycles. The second-order valence-electron chi connectivity index (χ2n) is 10.1. The second-order valence-corrected chi connectivity index (χ2v) is 11.1. The maximum atomic E-state index is 14.0. The molecule has 188 valence electrons. The van der Waals surface area contributed by atoms with Gasteiger partial charge in [0.15, 0.2) is 11.6 Å². The van der Waals surface area contributed by atoms with Crippen LogP contribution in [0, 0.1) is 11.6 Å². The number of fused-ring (bicyclic) bond motifs is 2. The first-order chi connectivity index (χ1) is 17.4. The number of carbonyl (C=O) groups is 1. The summed E-state index contributed by atoms with van der Waals surface area (Å²) in [5.41, 5.74) is 3.22. The Bertz CT molecular complexity index is 1200. The summed E-state index contributed by atoms with van der Waals surface area (Å²) in [5.74, 6) is 0.198. The molecule has 0 saturated carbocycles. The molecular weight excluding hydrogens is 476 g/mol. The molecule has 3 nitrogen and oxygen atoms in total. The van der Waals surface area contributed by atoms with E-state index < -0.39 is 11.6 Å². The minimum absolute atomic E-state index is 0.0531. The summed E-state index contributed by atoms with van der Waals surface area (Å²) in [4.78, 5) is 16.6. The number of piperidine rings is 1. The first-order valence-corrected chi connectivity index (χ1v) is 13.6. The SMILES string of the molecule is CC(C)c1ccc(SCc2ccc(C(=O)N3C4CCC3CC(Oc3ccc(F)cc3F)C4)cc2)cc1. The van der Waals surface area contributed by atoms with Gasteiger partial charge in [0.2, 0.25) is 0 Å². The predicted octanol–water partition coefficient (Wildman–Crippen LogP) is 7.60. The topological polar surface area (TPSA) is 29.5 Å². The summed E-state index contributed by atoms with van der Waals surface area (Å²) in [6, 6.07) is 20.2. The molecule has 0 radical (unpaired) electrons. The number of carbonyl (C=O) groups excluding carboxylic acids is 1. The van der Waals surface area contributed by atoms with E-state index in [1.54, 1.807) is 11.8 Å². The van der Waals surface area contributed by atoms with Gasteiger partial charge < -0.3 is 9.64 Å². The molecule has 1 amide bonds. The van der Waals surface area contributed by atoms with Gasteiger partial charge in [0.25, 0.3) is 5.91 Å². The molecule has 0 spiro atoms. The van der Waals surface area contributed by atoms with Crippen LogP contribution in [-0.2, 0) is 5.75 Å². The zero-order valence-electron chi connectivity index (χ0n) is 20.6. The van der Waals surface area contributed by atoms with Gasteiger partial charge >= 0.3 is 0 Å². The molecule has 2 atom stereocenters. The Morgan fingerprint density at radius 2 is 1.64 bits per heavy atom. The number of thioether (sulfide) groups is 1. The van der Waals surface area contributed by atoms with E-state index in [9.17, 15) is 13.6 Å². The lowest BCUT2D eigenvalue weighted by Gasteiger charge is -2.39. The van der Waals surface area contributed by atoms with Crippen molar-refractivity contribution in [3.05, 3.63) is 95.1 Å². The minimum atomic E-state index is -0.688. The van der Waals surface area contributed by atoms with E-state index in [0.29, 0.717) is 24.3 Å². The van der Waals surface area contributed by atoms with Crippen LogP contribution in [0.15, 0.2) is 71.6 Å². The molecule has 5 rings (SSSR count). The van der Waals surface area contributed by atoms with Crippen LogP contribution in [0.5, 0.6) is 5.75 Å². The first kappa shape index (κ1) is 24.8. The van der Waals surface area contributed by atoms with Crippen molar-refractivity contribution < 1.29 is 18.3 Å². The summed E-state index contributed by atoms with van der Waals surface area (Å²) in [5, 5.41) is 0. The molecule has 0 aliphatic carbocycles. The zero-order chi connectivity index (χ0) is 25.2. The Morgan fingerprint density at radius 1 is 0.972 bits per heavy atom. The lowest BCUT2D eigenvalue weighted by atomic mass is 9.98. The van der Waals surface area contributed by atoms with E-state index in [1.165, 1.54) is 28.2 Å². The van der Waals surface area contributed by atoms with E-state index in [-0.39, 0.29) is 29.8 Å². The number of hydrogen-bond acceptors (Lipinski definition) is 3. The van der Waals surface area contributed by atoms with Crippen molar-refractivity contribution in [2.24, 2.45) is 0 Å². The van der Waals surface area contributed by atoms with Gasteiger partial charge in [-0.15, -0.1) is 11.8 Å². The number of halogens is 2. The molecule has 2 bridgehead atoms. The van der Waals surface area contributed by atoms with Crippen LogP contribution in [0.4, 0.5) is 8.78 Å². The summed E-state index contributed by atoms with van der Waals surface area (Å²) in [6.45, 7) is 4.39. The van der Waals surface area contributed by atoms with Crippen molar-refractivity contribution in [2.45, 2.75) is 74.3 Å². The monoisotopic (exact) mass is 507 g/mol. The lowest BCUT2D eigenvalue weighted by Crippen LogP contribution is -2.49. The van der Waals surface area contributed by atoms with Gasteiger partial charge in [-0.05, 0) is 66.3 Å². The molecule has 0 aromatic heterocycles. The van der Waals surface area contributed by atoms with Gasteiger partial charge in [0, 0.05) is 47.2 Å². The third kappa shape index (κ3) is 5.44. The summed E-state index contributed by atoms with van der Waals surface area (Å²) < 4.78 is 33.1. The van der Waals surface area contributed by atoms with Crippen molar-refractivity contribution >= 4 is 17.7 Å². The van der Waals surface area contributed by atoms with Crippen molar-refractivity contribution in [1.82, 2.24) is 4.90 Å². The highest BCUT2D eigenvalue weighted by Crippen LogP contribution is 2.38. The lowest BCUT2D eigenvalue weighted by molar-refractivity contribution is 0.0349. The smallest absolute Gasteiger partial charge is 0.254 e. The highest BCUT2D eigenvalue weighted by molar-refractivity contribution is 7.98. The molecule has 36 heavy (non-hydrogen) atoms. The molecule has 3 aromatic carbocycles. The van der Waals surface area contributed by atoms with Gasteiger partial charge in [0.05, 0.1) is 0 Å². The fraction of sp³-hybridized carbons (Fsp3) is 0.367. The number of hydrogen-bond donors (Lipinski definition) is 0. The van der Waals surface area contributed by atoms with E-state index in [0.717, 1.165) is 24.7 Å². The molecule has 2 unspecified atom stereocenters. The van der Waals surface area contributed by atoms with Crippen molar-refractivity contribution in [2.75, 3.05) is 0 Å². The Hall–Kier alpha value is -2.86. The molecule has 0 N–H and O–H groups in total. The maximum absolute atomic E-state index is 14.0. The highest BCUT2D eigenvalue weighted by Gasteiger charge is 2.44. The zero-order valence-corrected chi connectivity index (χ0v) is 21.4. The summed E-state index contributed by atoms with van der Waals surface area (Å²) in [6.07, 6.45) is 2.98. The van der Waals surface area contributed by atoms with Crippen LogP contribution in [-0.4, -0.2) is 29.0 Å².